The van der Waals surface area contributed by atoms with E-state index in [1.807, 2.05) is 20.8 Å². The maximum atomic E-state index is 11.9. The summed E-state index contributed by atoms with van der Waals surface area (Å²) in [5.74, 6) is -0.0190. The Bertz CT molecular complexity index is 624. The number of carbonyl (C=O) groups excluding carboxylic acids is 1. The van der Waals surface area contributed by atoms with Crippen molar-refractivity contribution >= 4 is 11.8 Å². The van der Waals surface area contributed by atoms with Crippen LogP contribution in [0.25, 0.3) is 0 Å². The van der Waals surface area contributed by atoms with Gasteiger partial charge in [0, 0.05) is 11.5 Å². The third kappa shape index (κ3) is 3.88. The number of nitrogens with one attached hydrogen (secondary N) is 1. The fourth-order valence-corrected chi connectivity index (χ4v) is 1.59. The molecule has 0 aliphatic heterocycles. The van der Waals surface area contributed by atoms with Crippen molar-refractivity contribution < 1.29 is 14.4 Å². The average molecular weight is 293 g/mol. The summed E-state index contributed by atoms with van der Waals surface area (Å²) in [4.78, 5) is 11.9. The van der Waals surface area contributed by atoms with Gasteiger partial charge in [0.2, 0.25) is 11.8 Å². The van der Waals surface area contributed by atoms with E-state index in [0.29, 0.717) is 11.6 Å². The molecule has 1 atom stereocenters. The third-order valence-corrected chi connectivity index (χ3v) is 2.83. The maximum Gasteiger partial charge on any atom is 0.248 e. The average Bonchev–Trinajstić information content (AvgIpc) is 2.97. The van der Waals surface area contributed by atoms with Gasteiger partial charge in [-0.2, -0.15) is 0 Å². The number of aromatic nitrogens is 4. The Morgan fingerprint density at radius 2 is 2.24 bits per heavy atom. The van der Waals surface area contributed by atoms with Crippen LogP contribution in [-0.4, -0.2) is 31.2 Å². The Morgan fingerprint density at radius 1 is 1.52 bits per heavy atom. The molecule has 2 N–H and O–H groups in total. The molecule has 0 aromatic carbocycles. The standard InChI is InChI=1S/C13H19N5O3/c1-8(19)9-6-18(17-15-9)7-11(20)14-12-5-10(16-21-12)13(2,3)4/h5-6,8,19H,7H2,1-4H3,(H,14,20). The molecule has 0 aliphatic rings. The lowest BCUT2D eigenvalue weighted by Gasteiger charge is -2.12. The van der Waals surface area contributed by atoms with Crippen LogP contribution in [0.1, 0.15) is 45.2 Å². The fourth-order valence-electron chi connectivity index (χ4n) is 1.59. The monoisotopic (exact) mass is 293 g/mol. The molecule has 8 nitrogen and oxygen atoms in total. The van der Waals surface area contributed by atoms with Gasteiger partial charge in [-0.15, -0.1) is 5.10 Å². The molecule has 0 spiro atoms. The molecule has 8 heteroatoms. The molecule has 0 bridgehead atoms. The summed E-state index contributed by atoms with van der Waals surface area (Å²) < 4.78 is 6.42. The highest BCUT2D eigenvalue weighted by atomic mass is 16.5. The number of amides is 1. The molecule has 0 saturated heterocycles. The lowest BCUT2D eigenvalue weighted by atomic mass is 9.92. The highest BCUT2D eigenvalue weighted by molar-refractivity contribution is 5.89. The first kappa shape index (κ1) is 15.2. The van der Waals surface area contributed by atoms with E-state index in [2.05, 4.69) is 20.8 Å². The van der Waals surface area contributed by atoms with Gasteiger partial charge in [-0.1, -0.05) is 31.1 Å². The molecule has 0 fully saturated rings. The normalized spacial score (nSPS) is 13.2. The predicted molar refractivity (Wildman–Crippen MR) is 74.5 cm³/mol. The second kappa shape index (κ2) is 5.65. The SMILES string of the molecule is CC(O)c1cn(CC(=O)Nc2cc(C(C)(C)C)no2)nn1. The Kier molecular flexibility index (Phi) is 4.08. The molecule has 21 heavy (non-hydrogen) atoms. The zero-order chi connectivity index (χ0) is 15.6. The molecule has 0 aliphatic carbocycles. The number of aliphatic hydroxyl groups is 1. The zero-order valence-electron chi connectivity index (χ0n) is 12.5. The van der Waals surface area contributed by atoms with E-state index in [9.17, 15) is 9.90 Å². The van der Waals surface area contributed by atoms with Crippen LogP contribution in [0, 0.1) is 0 Å². The van der Waals surface area contributed by atoms with Gasteiger partial charge in [0.15, 0.2) is 0 Å². The maximum absolute atomic E-state index is 11.9. The van der Waals surface area contributed by atoms with E-state index in [0.717, 1.165) is 5.69 Å². The van der Waals surface area contributed by atoms with E-state index < -0.39 is 6.10 Å². The van der Waals surface area contributed by atoms with Gasteiger partial charge in [0.25, 0.3) is 0 Å². The minimum Gasteiger partial charge on any atom is -0.387 e. The van der Waals surface area contributed by atoms with Gasteiger partial charge >= 0.3 is 0 Å². The molecule has 2 rings (SSSR count). The van der Waals surface area contributed by atoms with Crippen molar-refractivity contribution in [2.75, 3.05) is 5.32 Å². The molecule has 2 aromatic heterocycles. The van der Waals surface area contributed by atoms with Crippen molar-refractivity contribution in [2.45, 2.75) is 45.8 Å². The highest BCUT2D eigenvalue weighted by Crippen LogP contribution is 2.23. The topological polar surface area (TPSA) is 106 Å². The van der Waals surface area contributed by atoms with Crippen LogP contribution in [0.3, 0.4) is 0 Å². The lowest BCUT2D eigenvalue weighted by Crippen LogP contribution is -2.19. The summed E-state index contributed by atoms with van der Waals surface area (Å²) in [7, 11) is 0. The van der Waals surface area contributed by atoms with E-state index in [-0.39, 0.29) is 17.9 Å². The molecule has 0 radical (unpaired) electrons. The number of carbonyl (C=O) groups is 1. The van der Waals surface area contributed by atoms with E-state index in [1.165, 1.54) is 10.9 Å². The first-order valence-corrected chi connectivity index (χ1v) is 6.61. The number of hydrogen-bond acceptors (Lipinski definition) is 6. The van der Waals surface area contributed by atoms with Gasteiger partial charge in [0.05, 0.1) is 18.0 Å². The Morgan fingerprint density at radius 3 is 2.76 bits per heavy atom. The summed E-state index contributed by atoms with van der Waals surface area (Å²) in [6.07, 6.45) is 0.802. The van der Waals surface area contributed by atoms with Crippen molar-refractivity contribution in [3.63, 3.8) is 0 Å². The van der Waals surface area contributed by atoms with Gasteiger partial charge in [-0.3, -0.25) is 10.1 Å². The summed E-state index contributed by atoms with van der Waals surface area (Å²) >= 11 is 0. The molecule has 1 unspecified atom stereocenters. The largest absolute Gasteiger partial charge is 0.387 e. The van der Waals surface area contributed by atoms with Crippen LogP contribution in [0.4, 0.5) is 5.88 Å². The van der Waals surface area contributed by atoms with Crippen molar-refractivity contribution in [3.05, 3.63) is 23.7 Å². The van der Waals surface area contributed by atoms with Crippen molar-refractivity contribution in [2.24, 2.45) is 0 Å². The van der Waals surface area contributed by atoms with Crippen LogP contribution >= 0.6 is 0 Å². The summed E-state index contributed by atoms with van der Waals surface area (Å²) in [6, 6.07) is 1.69. The second-order valence-corrected chi connectivity index (χ2v) is 5.89. The minimum absolute atomic E-state index is 0.0225. The molecular weight excluding hydrogens is 274 g/mol. The van der Waals surface area contributed by atoms with Gasteiger partial charge in [-0.05, 0) is 6.92 Å². The highest BCUT2D eigenvalue weighted by Gasteiger charge is 2.19. The van der Waals surface area contributed by atoms with E-state index in [1.54, 1.807) is 13.0 Å². The van der Waals surface area contributed by atoms with Crippen LogP contribution < -0.4 is 5.32 Å². The Labute approximate surface area is 122 Å². The van der Waals surface area contributed by atoms with Gasteiger partial charge in [0.1, 0.15) is 12.2 Å². The third-order valence-electron chi connectivity index (χ3n) is 2.83. The summed E-state index contributed by atoms with van der Waals surface area (Å²) in [6.45, 7) is 7.57. The minimum atomic E-state index is -0.717. The Hall–Kier alpha value is -2.22. The van der Waals surface area contributed by atoms with Crippen LogP contribution in [0.5, 0.6) is 0 Å². The molecular formula is C13H19N5O3. The quantitative estimate of drug-likeness (QED) is 0.879. The van der Waals surface area contributed by atoms with Crippen molar-refractivity contribution in [1.82, 2.24) is 20.2 Å². The molecule has 0 saturated carbocycles. The molecule has 2 heterocycles. The van der Waals surface area contributed by atoms with E-state index >= 15 is 0 Å². The second-order valence-electron chi connectivity index (χ2n) is 5.89. The van der Waals surface area contributed by atoms with Crippen LogP contribution in [0.15, 0.2) is 16.8 Å². The number of rotatable bonds is 4. The Balaban J connectivity index is 1.96. The van der Waals surface area contributed by atoms with Crippen LogP contribution in [-0.2, 0) is 16.8 Å². The van der Waals surface area contributed by atoms with Crippen molar-refractivity contribution in [1.29, 1.82) is 0 Å². The molecule has 1 amide bonds. The predicted octanol–water partition coefficient (Wildman–Crippen LogP) is 1.26. The first-order valence-electron chi connectivity index (χ1n) is 6.61. The van der Waals surface area contributed by atoms with E-state index in [4.69, 9.17) is 4.52 Å². The number of aliphatic hydroxyl groups excluding tert-OH is 1. The molecule has 2 aromatic rings. The molecule has 114 valence electrons. The number of hydrogen-bond donors (Lipinski definition) is 2. The van der Waals surface area contributed by atoms with Gasteiger partial charge in [-0.25, -0.2) is 4.68 Å². The van der Waals surface area contributed by atoms with Crippen molar-refractivity contribution in [3.8, 4) is 0 Å². The summed E-state index contributed by atoms with van der Waals surface area (Å²) in [5, 5.41) is 23.4. The number of nitrogens with zero attached hydrogens (tertiary/aromatic N) is 4. The smallest absolute Gasteiger partial charge is 0.248 e. The lowest BCUT2D eigenvalue weighted by molar-refractivity contribution is -0.117. The van der Waals surface area contributed by atoms with Crippen LogP contribution in [0.2, 0.25) is 0 Å². The fraction of sp³-hybridized carbons (Fsp3) is 0.538. The zero-order valence-corrected chi connectivity index (χ0v) is 12.5. The first-order chi connectivity index (χ1) is 9.75. The van der Waals surface area contributed by atoms with Gasteiger partial charge < -0.3 is 9.63 Å². The number of anilines is 1. The summed E-state index contributed by atoms with van der Waals surface area (Å²) in [5.41, 5.74) is 1.03.